The van der Waals surface area contributed by atoms with Crippen LogP contribution < -0.4 is 5.32 Å². The van der Waals surface area contributed by atoms with Gasteiger partial charge in [0.15, 0.2) is 11.5 Å². The third kappa shape index (κ3) is 2.91. The van der Waals surface area contributed by atoms with Crippen LogP contribution in [0, 0.1) is 6.92 Å². The average molecular weight is 314 g/mol. The van der Waals surface area contributed by atoms with Gasteiger partial charge in [-0.2, -0.15) is 0 Å². The van der Waals surface area contributed by atoms with Crippen LogP contribution in [-0.2, 0) is 0 Å². The first-order valence-corrected chi connectivity index (χ1v) is 8.36. The largest absolute Gasteiger partial charge is 0.441 e. The van der Waals surface area contributed by atoms with Crippen molar-refractivity contribution in [2.24, 2.45) is 0 Å². The zero-order valence-electron chi connectivity index (χ0n) is 13.4. The van der Waals surface area contributed by atoms with Gasteiger partial charge in [0, 0.05) is 37.8 Å². The third-order valence-corrected chi connectivity index (χ3v) is 4.85. The minimum absolute atomic E-state index is 0.0257. The molecule has 0 unspecified atom stereocenters. The number of nitrogens with zero attached hydrogens (tertiary/aromatic N) is 3. The Balaban J connectivity index is 1.40. The highest BCUT2D eigenvalue weighted by molar-refractivity contribution is 5.91. The number of anilines is 1. The molecule has 2 amide bonds. The Hall–Kier alpha value is -2.08. The standard InChI is InChI=1S/C17H22N4O2/c1-12-18-15-5-4-13(10-16(15)23-12)19-17(22)21-9-6-14(11-21)20-7-2-3-8-20/h4-5,10,14H,2-3,6-9,11H2,1H3,(H,19,22)/t14-/m0/s1. The number of rotatable bonds is 2. The zero-order chi connectivity index (χ0) is 15.8. The van der Waals surface area contributed by atoms with Crippen LogP contribution in [0.3, 0.4) is 0 Å². The van der Waals surface area contributed by atoms with Crippen molar-refractivity contribution in [2.45, 2.75) is 32.2 Å². The first-order valence-electron chi connectivity index (χ1n) is 8.36. The molecule has 2 fully saturated rings. The van der Waals surface area contributed by atoms with Crippen LogP contribution in [0.4, 0.5) is 10.5 Å². The zero-order valence-corrected chi connectivity index (χ0v) is 13.4. The number of hydrogen-bond donors (Lipinski definition) is 1. The van der Waals surface area contributed by atoms with E-state index in [0.717, 1.165) is 30.7 Å². The van der Waals surface area contributed by atoms with Gasteiger partial charge in [-0.15, -0.1) is 0 Å². The van der Waals surface area contributed by atoms with Gasteiger partial charge in [-0.05, 0) is 44.5 Å². The molecule has 1 aromatic heterocycles. The minimum atomic E-state index is -0.0257. The molecule has 6 nitrogen and oxygen atoms in total. The average Bonchev–Trinajstić information content (AvgIpc) is 3.26. The first kappa shape index (κ1) is 14.5. The number of aromatic nitrogens is 1. The number of benzene rings is 1. The van der Waals surface area contributed by atoms with E-state index in [1.807, 2.05) is 30.0 Å². The van der Waals surface area contributed by atoms with Crippen LogP contribution >= 0.6 is 0 Å². The Labute approximate surface area is 135 Å². The van der Waals surface area contributed by atoms with Gasteiger partial charge in [0.2, 0.25) is 0 Å². The van der Waals surface area contributed by atoms with Gasteiger partial charge in [-0.1, -0.05) is 0 Å². The molecule has 1 aromatic carbocycles. The van der Waals surface area contributed by atoms with Crippen molar-refractivity contribution in [3.63, 3.8) is 0 Å². The molecular weight excluding hydrogens is 292 g/mol. The maximum Gasteiger partial charge on any atom is 0.321 e. The maximum absolute atomic E-state index is 12.5. The van der Waals surface area contributed by atoms with Gasteiger partial charge >= 0.3 is 6.03 Å². The molecule has 122 valence electrons. The summed E-state index contributed by atoms with van der Waals surface area (Å²) in [6, 6.07) is 6.08. The highest BCUT2D eigenvalue weighted by atomic mass is 16.3. The topological polar surface area (TPSA) is 61.6 Å². The molecule has 2 aliphatic heterocycles. The molecule has 0 aliphatic carbocycles. The van der Waals surface area contributed by atoms with Crippen LogP contribution in [0.25, 0.3) is 11.1 Å². The lowest BCUT2D eigenvalue weighted by Gasteiger charge is -2.23. The van der Waals surface area contributed by atoms with E-state index in [2.05, 4.69) is 15.2 Å². The molecule has 2 aromatic rings. The van der Waals surface area contributed by atoms with E-state index < -0.39 is 0 Å². The maximum atomic E-state index is 12.5. The summed E-state index contributed by atoms with van der Waals surface area (Å²) in [4.78, 5) is 21.2. The van der Waals surface area contributed by atoms with Crippen LogP contribution in [0.5, 0.6) is 0 Å². The number of aryl methyl sites for hydroxylation is 1. The second-order valence-electron chi connectivity index (χ2n) is 6.48. The van der Waals surface area contributed by atoms with Gasteiger partial charge in [0.25, 0.3) is 0 Å². The van der Waals surface area contributed by atoms with Gasteiger partial charge in [0.1, 0.15) is 5.52 Å². The molecule has 1 N–H and O–H groups in total. The molecule has 0 bridgehead atoms. The number of carbonyl (C=O) groups excluding carboxylic acids is 1. The van der Waals surface area contributed by atoms with E-state index in [9.17, 15) is 4.79 Å². The second kappa shape index (κ2) is 5.85. The molecule has 2 aliphatic rings. The smallest absolute Gasteiger partial charge is 0.321 e. The second-order valence-corrected chi connectivity index (χ2v) is 6.48. The summed E-state index contributed by atoms with van der Waals surface area (Å²) >= 11 is 0. The van der Waals surface area contributed by atoms with Gasteiger partial charge in [-0.25, -0.2) is 9.78 Å². The van der Waals surface area contributed by atoms with E-state index in [4.69, 9.17) is 4.42 Å². The van der Waals surface area contributed by atoms with Gasteiger partial charge in [-0.3, -0.25) is 4.90 Å². The molecule has 0 radical (unpaired) electrons. The number of urea groups is 1. The fraction of sp³-hybridized carbons (Fsp3) is 0.529. The van der Waals surface area contributed by atoms with E-state index in [-0.39, 0.29) is 6.03 Å². The number of nitrogens with one attached hydrogen (secondary N) is 1. The van der Waals surface area contributed by atoms with Crippen molar-refractivity contribution < 1.29 is 9.21 Å². The quantitative estimate of drug-likeness (QED) is 0.926. The van der Waals surface area contributed by atoms with E-state index in [1.165, 1.54) is 25.9 Å². The fourth-order valence-corrected chi connectivity index (χ4v) is 3.65. The third-order valence-electron chi connectivity index (χ3n) is 4.85. The SMILES string of the molecule is Cc1nc2ccc(NC(=O)N3CC[C@H](N4CCCC4)C3)cc2o1. The number of likely N-dealkylation sites (tertiary alicyclic amines) is 2. The van der Waals surface area contributed by atoms with Crippen molar-refractivity contribution in [3.8, 4) is 0 Å². The summed E-state index contributed by atoms with van der Waals surface area (Å²) in [5.74, 6) is 0.636. The van der Waals surface area contributed by atoms with E-state index >= 15 is 0 Å². The molecule has 0 spiro atoms. The fourth-order valence-electron chi connectivity index (χ4n) is 3.65. The van der Waals surface area contributed by atoms with Crippen LogP contribution in [0.15, 0.2) is 22.6 Å². The summed E-state index contributed by atoms with van der Waals surface area (Å²) in [6.45, 7) is 5.84. The van der Waals surface area contributed by atoms with Crippen molar-refractivity contribution in [3.05, 3.63) is 24.1 Å². The number of fused-ring (bicyclic) bond motifs is 1. The lowest BCUT2D eigenvalue weighted by molar-refractivity contribution is 0.210. The molecule has 23 heavy (non-hydrogen) atoms. The Morgan fingerprint density at radius 3 is 2.96 bits per heavy atom. The van der Waals surface area contributed by atoms with Gasteiger partial charge in [0.05, 0.1) is 0 Å². The number of carbonyl (C=O) groups is 1. The van der Waals surface area contributed by atoms with Crippen LogP contribution in [-0.4, -0.2) is 53.0 Å². The molecule has 3 heterocycles. The molecular formula is C17H22N4O2. The molecule has 6 heteroatoms. The molecule has 1 atom stereocenters. The number of amides is 2. The monoisotopic (exact) mass is 314 g/mol. The van der Waals surface area contributed by atoms with Crippen molar-refractivity contribution >= 4 is 22.8 Å². The Morgan fingerprint density at radius 1 is 1.30 bits per heavy atom. The van der Waals surface area contributed by atoms with Gasteiger partial charge < -0.3 is 14.6 Å². The van der Waals surface area contributed by atoms with Crippen molar-refractivity contribution in [1.29, 1.82) is 0 Å². The number of hydrogen-bond acceptors (Lipinski definition) is 4. The Morgan fingerprint density at radius 2 is 2.13 bits per heavy atom. The summed E-state index contributed by atoms with van der Waals surface area (Å²) < 4.78 is 5.52. The van der Waals surface area contributed by atoms with Crippen molar-refractivity contribution in [1.82, 2.24) is 14.8 Å². The Bertz CT molecular complexity index is 720. The summed E-state index contributed by atoms with van der Waals surface area (Å²) in [7, 11) is 0. The van der Waals surface area contributed by atoms with Crippen LogP contribution in [0.1, 0.15) is 25.2 Å². The van der Waals surface area contributed by atoms with Crippen molar-refractivity contribution in [2.75, 3.05) is 31.5 Å². The minimum Gasteiger partial charge on any atom is -0.441 e. The predicted molar refractivity (Wildman–Crippen MR) is 88.5 cm³/mol. The summed E-state index contributed by atoms with van der Waals surface area (Å²) in [6.07, 6.45) is 3.66. The lowest BCUT2D eigenvalue weighted by Crippen LogP contribution is -2.38. The lowest BCUT2D eigenvalue weighted by atomic mass is 10.2. The van der Waals surface area contributed by atoms with Crippen LogP contribution in [0.2, 0.25) is 0 Å². The normalized spacial score (nSPS) is 22.1. The number of oxazole rings is 1. The van der Waals surface area contributed by atoms with E-state index in [0.29, 0.717) is 17.5 Å². The molecule has 0 saturated carbocycles. The molecule has 4 rings (SSSR count). The van der Waals surface area contributed by atoms with E-state index in [1.54, 1.807) is 0 Å². The summed E-state index contributed by atoms with van der Waals surface area (Å²) in [5, 5.41) is 2.98. The summed E-state index contributed by atoms with van der Waals surface area (Å²) in [5.41, 5.74) is 2.27. The highest BCUT2D eigenvalue weighted by Crippen LogP contribution is 2.23. The highest BCUT2D eigenvalue weighted by Gasteiger charge is 2.31. The first-order chi connectivity index (χ1) is 11.2. The molecule has 2 saturated heterocycles. The predicted octanol–water partition coefficient (Wildman–Crippen LogP) is 2.84. The Kier molecular flexibility index (Phi) is 3.69.